The summed E-state index contributed by atoms with van der Waals surface area (Å²) in [4.78, 5) is 29.2. The number of benzene rings is 3. The van der Waals surface area contributed by atoms with E-state index in [1.165, 1.54) is 25.2 Å². The average molecular weight is 637 g/mol. The molecule has 12 heteroatoms. The number of sulfonamides is 1. The molecule has 226 valence electrons. The second kappa shape index (κ2) is 14.6. The van der Waals surface area contributed by atoms with E-state index >= 15 is 0 Å². The largest absolute Gasteiger partial charge is 0.497 e. The number of methoxy groups -OCH3 is 2. The second-order valence-corrected chi connectivity index (χ2v) is 12.7. The van der Waals surface area contributed by atoms with E-state index in [2.05, 4.69) is 5.32 Å². The quantitative estimate of drug-likeness (QED) is 0.285. The Bertz CT molecular complexity index is 1500. The lowest BCUT2D eigenvalue weighted by Crippen LogP contribution is -2.54. The summed E-state index contributed by atoms with van der Waals surface area (Å²) in [5.74, 6) is -0.399. The van der Waals surface area contributed by atoms with Crippen LogP contribution in [0.5, 0.6) is 11.5 Å². The zero-order chi connectivity index (χ0) is 31.0. The number of amides is 2. The fourth-order valence-electron chi connectivity index (χ4n) is 4.36. The highest BCUT2D eigenvalue weighted by atomic mass is 35.5. The van der Waals surface area contributed by atoms with Gasteiger partial charge in [-0.1, -0.05) is 59.6 Å². The van der Waals surface area contributed by atoms with Crippen LogP contribution in [0.3, 0.4) is 0 Å². The molecule has 0 aliphatic heterocycles. The van der Waals surface area contributed by atoms with Gasteiger partial charge < -0.3 is 19.7 Å². The lowest BCUT2D eigenvalue weighted by Gasteiger charge is -2.34. The number of nitrogens with one attached hydrogen (secondary N) is 1. The summed E-state index contributed by atoms with van der Waals surface area (Å²) in [6.07, 6.45) is 1.18. The third kappa shape index (κ3) is 8.77. The molecule has 2 amide bonds. The number of nitrogens with zero attached hydrogens (tertiary/aromatic N) is 2. The Balaban J connectivity index is 2.13. The molecule has 0 saturated heterocycles. The molecule has 9 nitrogen and oxygen atoms in total. The van der Waals surface area contributed by atoms with Crippen molar-refractivity contribution in [2.45, 2.75) is 38.9 Å². The number of halogens is 2. The number of carbonyl (C=O) groups excluding carboxylic acids is 2. The molecule has 0 radical (unpaired) electrons. The van der Waals surface area contributed by atoms with Crippen LogP contribution in [-0.4, -0.2) is 64.2 Å². The SMILES string of the molecule is COc1ccc(OC)c(N(CC(=O)N(Cc2ccc(Cl)c(Cl)c2)C(Cc2ccccc2)C(=O)NC(C)C)S(C)(=O)=O)c1. The van der Waals surface area contributed by atoms with Crippen LogP contribution in [0.2, 0.25) is 10.0 Å². The van der Waals surface area contributed by atoms with Gasteiger partial charge in [-0.2, -0.15) is 0 Å². The third-order valence-corrected chi connectivity index (χ3v) is 8.24. The molecule has 0 saturated carbocycles. The molecule has 42 heavy (non-hydrogen) atoms. The van der Waals surface area contributed by atoms with Crippen molar-refractivity contribution in [3.63, 3.8) is 0 Å². The van der Waals surface area contributed by atoms with Crippen molar-refractivity contribution in [3.8, 4) is 11.5 Å². The van der Waals surface area contributed by atoms with E-state index in [4.69, 9.17) is 32.7 Å². The van der Waals surface area contributed by atoms with Gasteiger partial charge in [0.15, 0.2) is 0 Å². The second-order valence-electron chi connectivity index (χ2n) is 9.95. The van der Waals surface area contributed by atoms with Gasteiger partial charge in [0.05, 0.1) is 36.2 Å². The van der Waals surface area contributed by atoms with Crippen LogP contribution in [0.1, 0.15) is 25.0 Å². The van der Waals surface area contributed by atoms with Gasteiger partial charge in [-0.15, -0.1) is 0 Å². The number of rotatable bonds is 13. The van der Waals surface area contributed by atoms with Crippen LogP contribution in [-0.2, 0) is 32.6 Å². The molecule has 0 aliphatic carbocycles. The highest BCUT2D eigenvalue weighted by Crippen LogP contribution is 2.34. The van der Waals surface area contributed by atoms with Crippen molar-refractivity contribution < 1.29 is 27.5 Å². The number of hydrogen-bond donors (Lipinski definition) is 1. The molecular formula is C30H35Cl2N3O6S. The Morgan fingerprint density at radius 2 is 1.60 bits per heavy atom. The monoisotopic (exact) mass is 635 g/mol. The lowest BCUT2D eigenvalue weighted by atomic mass is 10.0. The Morgan fingerprint density at radius 1 is 0.905 bits per heavy atom. The predicted octanol–water partition coefficient (Wildman–Crippen LogP) is 4.94. The molecule has 3 aromatic carbocycles. The van der Waals surface area contributed by atoms with Gasteiger partial charge >= 0.3 is 0 Å². The molecule has 0 bridgehead atoms. The molecule has 0 spiro atoms. The number of hydrogen-bond acceptors (Lipinski definition) is 6. The van der Waals surface area contributed by atoms with Crippen LogP contribution < -0.4 is 19.1 Å². The molecule has 3 rings (SSSR count). The van der Waals surface area contributed by atoms with Crippen LogP contribution in [0.4, 0.5) is 5.69 Å². The Hall–Kier alpha value is -3.47. The van der Waals surface area contributed by atoms with E-state index in [1.54, 1.807) is 30.3 Å². The molecule has 0 aromatic heterocycles. The van der Waals surface area contributed by atoms with E-state index < -0.39 is 28.5 Å². The van der Waals surface area contributed by atoms with Gasteiger partial charge in [0.2, 0.25) is 21.8 Å². The van der Waals surface area contributed by atoms with Crippen molar-refractivity contribution in [3.05, 3.63) is 87.9 Å². The first-order chi connectivity index (χ1) is 19.8. The number of carbonyl (C=O) groups is 2. The first kappa shape index (κ1) is 33.0. The fourth-order valence-corrected chi connectivity index (χ4v) is 5.52. The van der Waals surface area contributed by atoms with Gasteiger partial charge in [0.1, 0.15) is 24.1 Å². The van der Waals surface area contributed by atoms with Crippen molar-refractivity contribution in [2.24, 2.45) is 0 Å². The highest BCUT2D eigenvalue weighted by molar-refractivity contribution is 7.92. The molecule has 3 aromatic rings. The molecule has 1 unspecified atom stereocenters. The zero-order valence-electron chi connectivity index (χ0n) is 24.1. The number of ether oxygens (including phenoxy) is 2. The van der Waals surface area contributed by atoms with E-state index in [1.807, 2.05) is 44.2 Å². The molecule has 0 aliphatic rings. The van der Waals surface area contributed by atoms with Crippen molar-refractivity contribution in [1.29, 1.82) is 0 Å². The minimum Gasteiger partial charge on any atom is -0.497 e. The minimum atomic E-state index is -4.00. The van der Waals surface area contributed by atoms with Crippen LogP contribution in [0, 0.1) is 0 Å². The van der Waals surface area contributed by atoms with Crippen LogP contribution in [0.15, 0.2) is 66.7 Å². The standard InChI is InChI=1S/C30H35Cl2N3O6S/c1-20(2)33-30(37)27(16-21-9-7-6-8-10-21)34(18-22-11-13-24(31)25(32)15-22)29(36)19-35(42(5,38)39)26-17-23(40-3)12-14-28(26)41-4/h6-15,17,20,27H,16,18-19H2,1-5H3,(H,33,37). The maximum Gasteiger partial charge on any atom is 0.244 e. The van der Waals surface area contributed by atoms with Gasteiger partial charge in [-0.25, -0.2) is 8.42 Å². The van der Waals surface area contributed by atoms with Gasteiger partial charge in [-0.05, 0) is 49.2 Å². The first-order valence-electron chi connectivity index (χ1n) is 13.1. The zero-order valence-corrected chi connectivity index (χ0v) is 26.5. The predicted molar refractivity (Wildman–Crippen MR) is 166 cm³/mol. The van der Waals surface area contributed by atoms with E-state index in [0.29, 0.717) is 16.3 Å². The summed E-state index contributed by atoms with van der Waals surface area (Å²) in [7, 11) is -1.16. The smallest absolute Gasteiger partial charge is 0.244 e. The van der Waals surface area contributed by atoms with Gasteiger partial charge in [0, 0.05) is 25.1 Å². The van der Waals surface area contributed by atoms with E-state index in [-0.39, 0.29) is 41.4 Å². The van der Waals surface area contributed by atoms with Crippen LogP contribution >= 0.6 is 23.2 Å². The summed E-state index contributed by atoms with van der Waals surface area (Å²) in [6.45, 7) is 3.00. The molecule has 0 heterocycles. The highest BCUT2D eigenvalue weighted by Gasteiger charge is 2.34. The molecule has 1 N–H and O–H groups in total. The summed E-state index contributed by atoms with van der Waals surface area (Å²) < 4.78 is 37.8. The normalized spacial score (nSPS) is 12.0. The Morgan fingerprint density at radius 3 is 2.17 bits per heavy atom. The summed E-state index contributed by atoms with van der Waals surface area (Å²) in [5, 5.41) is 3.53. The van der Waals surface area contributed by atoms with Crippen molar-refractivity contribution in [1.82, 2.24) is 10.2 Å². The van der Waals surface area contributed by atoms with Gasteiger partial charge in [-0.3, -0.25) is 13.9 Å². The first-order valence-corrected chi connectivity index (χ1v) is 15.7. The average Bonchev–Trinajstić information content (AvgIpc) is 2.94. The van der Waals surface area contributed by atoms with E-state index in [0.717, 1.165) is 16.1 Å². The summed E-state index contributed by atoms with van der Waals surface area (Å²) >= 11 is 12.4. The lowest BCUT2D eigenvalue weighted by molar-refractivity contribution is -0.140. The summed E-state index contributed by atoms with van der Waals surface area (Å²) in [6, 6.07) is 17.7. The molecule has 1 atom stereocenters. The van der Waals surface area contributed by atoms with Gasteiger partial charge in [0.25, 0.3) is 0 Å². The number of anilines is 1. The van der Waals surface area contributed by atoms with E-state index in [9.17, 15) is 18.0 Å². The van der Waals surface area contributed by atoms with Crippen molar-refractivity contribution >= 4 is 50.7 Å². The summed E-state index contributed by atoms with van der Waals surface area (Å²) in [5.41, 5.74) is 1.55. The Labute approximate surface area is 257 Å². The van der Waals surface area contributed by atoms with Crippen molar-refractivity contribution in [2.75, 3.05) is 31.3 Å². The fraction of sp³-hybridized carbons (Fsp3) is 0.333. The maximum atomic E-state index is 14.2. The molecular weight excluding hydrogens is 601 g/mol. The minimum absolute atomic E-state index is 0.0361. The third-order valence-electron chi connectivity index (χ3n) is 6.37. The molecule has 0 fully saturated rings. The topological polar surface area (TPSA) is 105 Å². The van der Waals surface area contributed by atoms with Crippen LogP contribution in [0.25, 0.3) is 0 Å². The maximum absolute atomic E-state index is 14.2. The Kier molecular flexibility index (Phi) is 11.5.